The second kappa shape index (κ2) is 7.94. The Balaban J connectivity index is 1.92. The summed E-state index contributed by atoms with van der Waals surface area (Å²) in [6.45, 7) is 6.63. The van der Waals surface area contributed by atoms with E-state index in [1.807, 2.05) is 39.0 Å². The Morgan fingerprint density at radius 2 is 1.75 bits per heavy atom. The molecule has 3 rings (SSSR count). The maximum absolute atomic E-state index is 13.3. The lowest BCUT2D eigenvalue weighted by molar-refractivity contribution is 0.102. The summed E-state index contributed by atoms with van der Waals surface area (Å²) >= 11 is 0. The zero-order chi connectivity index (χ0) is 20.3. The van der Waals surface area contributed by atoms with Crippen LogP contribution in [0.2, 0.25) is 0 Å². The number of carbonyl (C=O) groups is 1. The summed E-state index contributed by atoms with van der Waals surface area (Å²) in [4.78, 5) is 12.7. The standard InChI is InChI=1S/C22H24FN3O2/c1-22(2,3)19-13-20(26(25-19)18-11-9-17(23)10-12-18)24-21(27)16-7-5-15(6-8-16)14-28-4/h5-13H,14H2,1-4H3,(H,24,27). The second-order valence-corrected chi connectivity index (χ2v) is 7.64. The predicted octanol–water partition coefficient (Wildman–Crippen LogP) is 4.71. The van der Waals surface area contributed by atoms with Gasteiger partial charge < -0.3 is 10.1 Å². The maximum Gasteiger partial charge on any atom is 0.256 e. The van der Waals surface area contributed by atoms with Crippen LogP contribution in [0.15, 0.2) is 54.6 Å². The fraction of sp³-hybridized carbons (Fsp3) is 0.273. The Labute approximate surface area is 164 Å². The number of methoxy groups -OCH3 is 1. The number of aromatic nitrogens is 2. The highest BCUT2D eigenvalue weighted by molar-refractivity contribution is 6.04. The predicted molar refractivity (Wildman–Crippen MR) is 107 cm³/mol. The molecule has 6 heteroatoms. The van der Waals surface area contributed by atoms with Gasteiger partial charge in [0.1, 0.15) is 11.6 Å². The van der Waals surface area contributed by atoms with Gasteiger partial charge in [0.15, 0.2) is 0 Å². The number of nitrogens with one attached hydrogen (secondary N) is 1. The van der Waals surface area contributed by atoms with E-state index < -0.39 is 0 Å². The fourth-order valence-corrected chi connectivity index (χ4v) is 2.72. The number of rotatable bonds is 5. The number of hydrogen-bond acceptors (Lipinski definition) is 3. The number of halogens is 1. The SMILES string of the molecule is COCc1ccc(C(=O)Nc2cc(C(C)(C)C)nn2-c2ccc(F)cc2)cc1. The van der Waals surface area contributed by atoms with Gasteiger partial charge in [0.2, 0.25) is 0 Å². The Bertz CT molecular complexity index is 955. The van der Waals surface area contributed by atoms with Gasteiger partial charge in [0, 0.05) is 24.2 Å². The summed E-state index contributed by atoms with van der Waals surface area (Å²) in [5.41, 5.74) is 2.81. The van der Waals surface area contributed by atoms with Crippen LogP contribution in [-0.2, 0) is 16.8 Å². The van der Waals surface area contributed by atoms with Gasteiger partial charge in [-0.2, -0.15) is 5.10 Å². The van der Waals surface area contributed by atoms with Gasteiger partial charge in [-0.05, 0) is 42.0 Å². The van der Waals surface area contributed by atoms with E-state index in [4.69, 9.17) is 4.74 Å². The van der Waals surface area contributed by atoms with Crippen LogP contribution in [0.5, 0.6) is 0 Å². The van der Waals surface area contributed by atoms with Gasteiger partial charge in [0.05, 0.1) is 18.0 Å². The monoisotopic (exact) mass is 381 g/mol. The quantitative estimate of drug-likeness (QED) is 0.696. The molecule has 1 N–H and O–H groups in total. The number of benzene rings is 2. The molecule has 0 spiro atoms. The molecule has 0 aliphatic heterocycles. The van der Waals surface area contributed by atoms with Crippen molar-refractivity contribution < 1.29 is 13.9 Å². The average Bonchev–Trinajstić information content (AvgIpc) is 3.07. The first-order chi connectivity index (χ1) is 13.3. The van der Waals surface area contributed by atoms with Crippen molar-refractivity contribution in [1.29, 1.82) is 0 Å². The third-order valence-corrected chi connectivity index (χ3v) is 4.32. The summed E-state index contributed by atoms with van der Waals surface area (Å²) < 4.78 is 20.0. The van der Waals surface area contributed by atoms with E-state index in [9.17, 15) is 9.18 Å². The molecule has 0 aliphatic carbocycles. The van der Waals surface area contributed by atoms with Crippen molar-refractivity contribution in [2.24, 2.45) is 0 Å². The largest absolute Gasteiger partial charge is 0.380 e. The summed E-state index contributed by atoms with van der Waals surface area (Å²) in [6, 6.07) is 15.1. The zero-order valence-electron chi connectivity index (χ0n) is 16.5. The van der Waals surface area contributed by atoms with E-state index >= 15 is 0 Å². The van der Waals surface area contributed by atoms with Crippen molar-refractivity contribution in [2.75, 3.05) is 12.4 Å². The number of carbonyl (C=O) groups excluding carboxylic acids is 1. The number of anilines is 1. The Hall–Kier alpha value is -2.99. The summed E-state index contributed by atoms with van der Waals surface area (Å²) in [6.07, 6.45) is 0. The first-order valence-electron chi connectivity index (χ1n) is 9.03. The van der Waals surface area contributed by atoms with Crippen LogP contribution in [0.25, 0.3) is 5.69 Å². The molecule has 5 nitrogen and oxygen atoms in total. The highest BCUT2D eigenvalue weighted by Crippen LogP contribution is 2.26. The summed E-state index contributed by atoms with van der Waals surface area (Å²) in [5.74, 6) is -0.0381. The van der Waals surface area contributed by atoms with E-state index in [2.05, 4.69) is 10.4 Å². The van der Waals surface area contributed by atoms with Crippen molar-refractivity contribution in [1.82, 2.24) is 9.78 Å². The molecule has 0 unspecified atom stereocenters. The first kappa shape index (κ1) is 19.8. The molecule has 2 aromatic carbocycles. The minimum Gasteiger partial charge on any atom is -0.380 e. The molecule has 0 saturated carbocycles. The molecule has 0 bridgehead atoms. The molecular formula is C22H24FN3O2. The van der Waals surface area contributed by atoms with Gasteiger partial charge in [-0.25, -0.2) is 9.07 Å². The minimum atomic E-state index is -0.325. The molecule has 1 amide bonds. The summed E-state index contributed by atoms with van der Waals surface area (Å²) in [7, 11) is 1.63. The molecule has 0 aliphatic rings. The molecule has 0 radical (unpaired) electrons. The van der Waals surface area contributed by atoms with E-state index in [1.54, 1.807) is 36.1 Å². The lowest BCUT2D eigenvalue weighted by atomic mass is 9.92. The van der Waals surface area contributed by atoms with Gasteiger partial charge in [-0.3, -0.25) is 4.79 Å². The van der Waals surface area contributed by atoms with Gasteiger partial charge in [0.25, 0.3) is 5.91 Å². The molecule has 0 saturated heterocycles. The lowest BCUT2D eigenvalue weighted by Gasteiger charge is -2.14. The number of nitrogens with zero attached hydrogens (tertiary/aromatic N) is 2. The lowest BCUT2D eigenvalue weighted by Crippen LogP contribution is -2.15. The molecule has 28 heavy (non-hydrogen) atoms. The fourth-order valence-electron chi connectivity index (χ4n) is 2.72. The maximum atomic E-state index is 13.3. The zero-order valence-corrected chi connectivity index (χ0v) is 16.5. The number of amides is 1. The molecule has 0 atom stereocenters. The van der Waals surface area contributed by atoms with E-state index in [0.29, 0.717) is 23.7 Å². The van der Waals surface area contributed by atoms with E-state index in [1.165, 1.54) is 12.1 Å². The molecule has 146 valence electrons. The average molecular weight is 381 g/mol. The number of ether oxygens (including phenoxy) is 1. The highest BCUT2D eigenvalue weighted by atomic mass is 19.1. The van der Waals surface area contributed by atoms with Gasteiger partial charge in [-0.1, -0.05) is 32.9 Å². The molecule has 1 heterocycles. The van der Waals surface area contributed by atoms with Crippen molar-refractivity contribution in [2.45, 2.75) is 32.8 Å². The molecule has 1 aromatic heterocycles. The van der Waals surface area contributed by atoms with Crippen LogP contribution in [0.4, 0.5) is 10.2 Å². The topological polar surface area (TPSA) is 56.1 Å². The third-order valence-electron chi connectivity index (χ3n) is 4.32. The normalized spacial score (nSPS) is 11.5. The van der Waals surface area contributed by atoms with Crippen LogP contribution < -0.4 is 5.32 Å². The molecule has 3 aromatic rings. The van der Waals surface area contributed by atoms with Gasteiger partial charge >= 0.3 is 0 Å². The Kier molecular flexibility index (Phi) is 5.61. The van der Waals surface area contributed by atoms with Crippen LogP contribution in [0, 0.1) is 5.82 Å². The van der Waals surface area contributed by atoms with Crippen molar-refractivity contribution >= 4 is 11.7 Å². The number of hydrogen-bond donors (Lipinski definition) is 1. The van der Waals surface area contributed by atoms with Crippen molar-refractivity contribution in [3.63, 3.8) is 0 Å². The first-order valence-corrected chi connectivity index (χ1v) is 9.03. The highest BCUT2D eigenvalue weighted by Gasteiger charge is 2.22. The smallest absolute Gasteiger partial charge is 0.256 e. The van der Waals surface area contributed by atoms with Crippen molar-refractivity contribution in [3.05, 3.63) is 77.2 Å². The molecule has 0 fully saturated rings. The Morgan fingerprint density at radius 1 is 1.11 bits per heavy atom. The van der Waals surface area contributed by atoms with Crippen LogP contribution in [0.1, 0.15) is 42.4 Å². The van der Waals surface area contributed by atoms with E-state index in [-0.39, 0.29) is 17.1 Å². The minimum absolute atomic E-state index is 0.202. The van der Waals surface area contributed by atoms with Crippen LogP contribution >= 0.6 is 0 Å². The second-order valence-electron chi connectivity index (χ2n) is 7.64. The van der Waals surface area contributed by atoms with Crippen molar-refractivity contribution in [3.8, 4) is 5.69 Å². The Morgan fingerprint density at radius 3 is 2.32 bits per heavy atom. The molecular weight excluding hydrogens is 357 g/mol. The van der Waals surface area contributed by atoms with E-state index in [0.717, 1.165) is 11.3 Å². The van der Waals surface area contributed by atoms with Gasteiger partial charge in [-0.15, -0.1) is 0 Å². The third kappa shape index (κ3) is 4.46. The van der Waals surface area contributed by atoms with Crippen LogP contribution in [-0.4, -0.2) is 22.8 Å². The van der Waals surface area contributed by atoms with Crippen LogP contribution in [0.3, 0.4) is 0 Å². The summed E-state index contributed by atoms with van der Waals surface area (Å²) in [5, 5.41) is 7.55.